The van der Waals surface area contributed by atoms with E-state index in [4.69, 9.17) is 4.74 Å². The number of carbonyl (C=O) groups is 1. The van der Waals surface area contributed by atoms with E-state index >= 15 is 0 Å². The molecule has 0 saturated carbocycles. The molecule has 4 nitrogen and oxygen atoms in total. The van der Waals surface area contributed by atoms with Crippen LogP contribution >= 0.6 is 0 Å². The molecule has 1 aliphatic rings. The first-order valence-electron chi connectivity index (χ1n) is 6.57. The molecule has 1 aliphatic heterocycles. The number of carbonyl (C=O) groups excluding carboxylic acids is 1. The molecule has 1 rings (SSSR count). The smallest absolute Gasteiger partial charge is 0.280 e. The number of hydrogen-bond acceptors (Lipinski definition) is 3. The number of amides is 1. The number of methoxy groups -OCH3 is 1. The van der Waals surface area contributed by atoms with E-state index in [2.05, 4.69) is 5.32 Å². The maximum absolute atomic E-state index is 14.0. The van der Waals surface area contributed by atoms with E-state index in [9.17, 15) is 13.6 Å². The number of nitrogens with zero attached hydrogens (tertiary/aromatic N) is 1. The van der Waals surface area contributed by atoms with Gasteiger partial charge in [0.05, 0.1) is 19.2 Å². The quantitative estimate of drug-likeness (QED) is 0.847. The van der Waals surface area contributed by atoms with Gasteiger partial charge in [-0.3, -0.25) is 9.69 Å². The second-order valence-electron chi connectivity index (χ2n) is 6.09. The van der Waals surface area contributed by atoms with Gasteiger partial charge in [-0.2, -0.15) is 0 Å². The summed E-state index contributed by atoms with van der Waals surface area (Å²) >= 11 is 0. The Hall–Kier alpha value is -0.750. The molecule has 0 aromatic heterocycles. The lowest BCUT2D eigenvalue weighted by Crippen LogP contribution is -2.59. The molecule has 0 unspecified atom stereocenters. The fourth-order valence-corrected chi connectivity index (χ4v) is 1.97. The molecule has 0 bridgehead atoms. The molecule has 1 atom stereocenters. The standard InChI is InChI=1S/C13H24F2N2O2/c1-12(2,3)11(18)16-10-5-6-17(7-8-19-4)9-13(10,14)15/h10H,5-9H2,1-4H3,(H,16,18)/t10-/m0/s1. The molecular weight excluding hydrogens is 254 g/mol. The number of halogens is 2. The molecule has 19 heavy (non-hydrogen) atoms. The second kappa shape index (κ2) is 6.13. The predicted molar refractivity (Wildman–Crippen MR) is 69.3 cm³/mol. The minimum Gasteiger partial charge on any atom is -0.383 e. The van der Waals surface area contributed by atoms with Crippen LogP contribution in [0.3, 0.4) is 0 Å². The highest BCUT2D eigenvalue weighted by Gasteiger charge is 2.45. The first-order chi connectivity index (χ1) is 8.66. The topological polar surface area (TPSA) is 41.6 Å². The summed E-state index contributed by atoms with van der Waals surface area (Å²) in [6.07, 6.45) is 0.262. The third kappa shape index (κ3) is 4.69. The first-order valence-corrected chi connectivity index (χ1v) is 6.57. The predicted octanol–water partition coefficient (Wildman–Crippen LogP) is 1.50. The Labute approximate surface area is 113 Å². The molecule has 0 aromatic carbocycles. The highest BCUT2D eigenvalue weighted by atomic mass is 19.3. The number of nitrogens with one attached hydrogen (secondary N) is 1. The van der Waals surface area contributed by atoms with Gasteiger partial charge in [-0.1, -0.05) is 20.8 Å². The second-order valence-corrected chi connectivity index (χ2v) is 6.09. The number of alkyl halides is 2. The van der Waals surface area contributed by atoms with Crippen molar-refractivity contribution in [2.45, 2.75) is 39.2 Å². The summed E-state index contributed by atoms with van der Waals surface area (Å²) in [5.41, 5.74) is -0.650. The molecule has 112 valence electrons. The van der Waals surface area contributed by atoms with Gasteiger partial charge < -0.3 is 10.1 Å². The van der Waals surface area contributed by atoms with Crippen LogP contribution in [0.2, 0.25) is 0 Å². The third-order valence-corrected chi connectivity index (χ3v) is 3.28. The average molecular weight is 278 g/mol. The Balaban J connectivity index is 2.56. The Morgan fingerprint density at radius 3 is 2.58 bits per heavy atom. The molecule has 0 aromatic rings. The number of ether oxygens (including phenoxy) is 1. The molecule has 1 saturated heterocycles. The summed E-state index contributed by atoms with van der Waals surface area (Å²) < 4.78 is 32.9. The molecular formula is C13H24F2N2O2. The van der Waals surface area contributed by atoms with Gasteiger partial charge in [0.1, 0.15) is 0 Å². The fraction of sp³-hybridized carbons (Fsp3) is 0.923. The zero-order valence-electron chi connectivity index (χ0n) is 12.1. The van der Waals surface area contributed by atoms with Crippen LogP contribution in [-0.4, -0.2) is 56.1 Å². The van der Waals surface area contributed by atoms with Crippen LogP contribution in [-0.2, 0) is 9.53 Å². The summed E-state index contributed by atoms with van der Waals surface area (Å²) in [7, 11) is 1.55. The lowest BCUT2D eigenvalue weighted by molar-refractivity contribution is -0.137. The Morgan fingerprint density at radius 2 is 2.11 bits per heavy atom. The van der Waals surface area contributed by atoms with Crippen LogP contribution in [0.15, 0.2) is 0 Å². The molecule has 1 N–H and O–H groups in total. The van der Waals surface area contributed by atoms with E-state index in [1.165, 1.54) is 0 Å². The van der Waals surface area contributed by atoms with E-state index in [1.807, 2.05) is 0 Å². The van der Waals surface area contributed by atoms with Gasteiger partial charge in [-0.05, 0) is 6.42 Å². The van der Waals surface area contributed by atoms with E-state index in [1.54, 1.807) is 32.8 Å². The molecule has 1 fully saturated rings. The van der Waals surface area contributed by atoms with Crippen LogP contribution in [0.25, 0.3) is 0 Å². The molecule has 0 spiro atoms. The maximum atomic E-state index is 14.0. The van der Waals surface area contributed by atoms with Crippen LogP contribution in [0.1, 0.15) is 27.2 Å². The summed E-state index contributed by atoms with van der Waals surface area (Å²) in [4.78, 5) is 13.5. The van der Waals surface area contributed by atoms with Crippen molar-refractivity contribution >= 4 is 5.91 Å². The first kappa shape index (κ1) is 16.3. The van der Waals surface area contributed by atoms with Gasteiger partial charge in [0, 0.05) is 25.6 Å². The molecule has 1 amide bonds. The van der Waals surface area contributed by atoms with Gasteiger partial charge in [0.2, 0.25) is 5.91 Å². The molecule has 0 radical (unpaired) electrons. The Bertz CT molecular complexity index is 316. The van der Waals surface area contributed by atoms with Gasteiger partial charge in [-0.15, -0.1) is 0 Å². The van der Waals surface area contributed by atoms with E-state index in [-0.39, 0.29) is 18.9 Å². The van der Waals surface area contributed by atoms with Crippen LogP contribution in [0.4, 0.5) is 8.78 Å². The van der Waals surface area contributed by atoms with Gasteiger partial charge in [-0.25, -0.2) is 8.78 Å². The van der Waals surface area contributed by atoms with Crippen molar-refractivity contribution in [3.05, 3.63) is 0 Å². The fourth-order valence-electron chi connectivity index (χ4n) is 1.97. The van der Waals surface area contributed by atoms with Crippen molar-refractivity contribution < 1.29 is 18.3 Å². The lowest BCUT2D eigenvalue weighted by Gasteiger charge is -2.39. The van der Waals surface area contributed by atoms with Crippen molar-refractivity contribution in [1.82, 2.24) is 10.2 Å². The Kier molecular flexibility index (Phi) is 5.26. The van der Waals surface area contributed by atoms with Crippen molar-refractivity contribution in [2.24, 2.45) is 5.41 Å². The van der Waals surface area contributed by atoms with E-state index < -0.39 is 17.4 Å². The Morgan fingerprint density at radius 1 is 1.47 bits per heavy atom. The minimum absolute atomic E-state index is 0.262. The van der Waals surface area contributed by atoms with Gasteiger partial charge in [0.15, 0.2) is 0 Å². The van der Waals surface area contributed by atoms with Crippen molar-refractivity contribution in [3.8, 4) is 0 Å². The highest BCUT2D eigenvalue weighted by Crippen LogP contribution is 2.28. The van der Waals surface area contributed by atoms with Gasteiger partial charge in [0.25, 0.3) is 5.92 Å². The summed E-state index contributed by atoms with van der Waals surface area (Å²) in [6.45, 7) is 6.30. The van der Waals surface area contributed by atoms with Crippen molar-refractivity contribution in [1.29, 1.82) is 0 Å². The maximum Gasteiger partial charge on any atom is 0.280 e. The minimum atomic E-state index is -2.90. The number of likely N-dealkylation sites (tertiary alicyclic amines) is 1. The number of rotatable bonds is 4. The average Bonchev–Trinajstić information content (AvgIpc) is 2.27. The highest BCUT2D eigenvalue weighted by molar-refractivity contribution is 5.81. The van der Waals surface area contributed by atoms with Crippen LogP contribution < -0.4 is 5.32 Å². The zero-order chi connectivity index (χ0) is 14.7. The summed E-state index contributed by atoms with van der Waals surface area (Å²) in [5, 5.41) is 2.48. The summed E-state index contributed by atoms with van der Waals surface area (Å²) in [6, 6.07) is -1.07. The monoisotopic (exact) mass is 278 g/mol. The molecule has 0 aliphatic carbocycles. The summed E-state index contributed by atoms with van der Waals surface area (Å²) in [5.74, 6) is -3.23. The molecule has 6 heteroatoms. The molecule has 1 heterocycles. The largest absolute Gasteiger partial charge is 0.383 e. The van der Waals surface area contributed by atoms with E-state index in [0.717, 1.165) is 0 Å². The normalized spacial score (nSPS) is 24.2. The van der Waals surface area contributed by atoms with Crippen molar-refractivity contribution in [3.63, 3.8) is 0 Å². The van der Waals surface area contributed by atoms with Crippen molar-refractivity contribution in [2.75, 3.05) is 33.4 Å². The zero-order valence-corrected chi connectivity index (χ0v) is 12.1. The van der Waals surface area contributed by atoms with Crippen LogP contribution in [0.5, 0.6) is 0 Å². The number of hydrogen-bond donors (Lipinski definition) is 1. The van der Waals surface area contributed by atoms with Crippen LogP contribution in [0, 0.1) is 5.41 Å². The number of piperidine rings is 1. The SMILES string of the molecule is COCCN1CC[C@H](NC(=O)C(C)(C)C)C(F)(F)C1. The van der Waals surface area contributed by atoms with E-state index in [0.29, 0.717) is 19.7 Å². The lowest BCUT2D eigenvalue weighted by atomic mass is 9.93. The third-order valence-electron chi connectivity index (χ3n) is 3.28. The van der Waals surface area contributed by atoms with Gasteiger partial charge >= 0.3 is 0 Å².